The number of carbonyl (C=O) groups is 1. The molecule has 2 aromatic carbocycles. The molecule has 7 heteroatoms. The van der Waals surface area contributed by atoms with Crippen LogP contribution in [0.5, 0.6) is 11.5 Å². The summed E-state index contributed by atoms with van der Waals surface area (Å²) in [7, 11) is 1.46. The van der Waals surface area contributed by atoms with E-state index in [1.807, 2.05) is 6.07 Å². The zero-order valence-electron chi connectivity index (χ0n) is 12.3. The summed E-state index contributed by atoms with van der Waals surface area (Å²) in [5.41, 5.74) is 5.89. The molecule has 7 nitrogen and oxygen atoms in total. The van der Waals surface area contributed by atoms with Crippen molar-refractivity contribution in [2.75, 3.05) is 7.11 Å². The Morgan fingerprint density at radius 3 is 2.65 bits per heavy atom. The second-order valence-electron chi connectivity index (χ2n) is 4.56. The maximum absolute atomic E-state index is 12.3. The van der Waals surface area contributed by atoms with Crippen LogP contribution in [0.2, 0.25) is 0 Å². The van der Waals surface area contributed by atoms with Crippen LogP contribution < -0.4 is 15.8 Å². The maximum Gasteiger partial charge on any atom is 0.262 e. The number of methoxy groups -OCH3 is 1. The number of guanidine groups is 1. The summed E-state index contributed by atoms with van der Waals surface area (Å²) in [5, 5.41) is 28.7. The van der Waals surface area contributed by atoms with Gasteiger partial charge in [0.05, 0.1) is 24.3 Å². The van der Waals surface area contributed by atoms with E-state index < -0.39 is 11.9 Å². The van der Waals surface area contributed by atoms with Gasteiger partial charge >= 0.3 is 0 Å². The zero-order valence-corrected chi connectivity index (χ0v) is 12.3. The van der Waals surface area contributed by atoms with Gasteiger partial charge in [-0.2, -0.15) is 5.26 Å². The Balaban J connectivity index is 2.80. The number of rotatable bonds is 3. The molecule has 0 saturated carbocycles. The molecule has 0 radical (unpaired) electrons. The molecule has 1 amide bonds. The molecule has 0 saturated heterocycles. The Kier molecular flexibility index (Phi) is 4.47. The number of nitriles is 1. The molecule has 5 N–H and O–H groups in total. The lowest BCUT2D eigenvalue weighted by Gasteiger charge is -2.15. The molecular weight excluding hydrogens is 296 g/mol. The molecule has 0 aliphatic rings. The number of benzene rings is 2. The summed E-state index contributed by atoms with van der Waals surface area (Å²) in [5.74, 6) is -1.24. The molecule has 0 fully saturated rings. The van der Waals surface area contributed by atoms with E-state index in [-0.39, 0.29) is 22.4 Å². The summed E-state index contributed by atoms with van der Waals surface area (Å²) in [4.78, 5) is 12.3. The van der Waals surface area contributed by atoms with Gasteiger partial charge in [0.2, 0.25) is 0 Å². The van der Waals surface area contributed by atoms with Gasteiger partial charge in [0.25, 0.3) is 5.91 Å². The van der Waals surface area contributed by atoms with E-state index in [1.165, 1.54) is 19.2 Å². The van der Waals surface area contributed by atoms with Gasteiger partial charge in [-0.1, -0.05) is 18.2 Å². The lowest BCUT2D eigenvalue weighted by Crippen LogP contribution is -2.36. The van der Waals surface area contributed by atoms with Gasteiger partial charge in [-0.15, -0.1) is 0 Å². The normalized spacial score (nSPS) is 9.74. The van der Waals surface area contributed by atoms with E-state index in [0.29, 0.717) is 11.3 Å². The average molecular weight is 310 g/mol. The number of phenols is 1. The topological polar surface area (TPSA) is 132 Å². The van der Waals surface area contributed by atoms with E-state index in [1.54, 1.807) is 24.3 Å². The highest BCUT2D eigenvalue weighted by Crippen LogP contribution is 2.38. The summed E-state index contributed by atoms with van der Waals surface area (Å²) in [6.07, 6.45) is 0. The molecule has 0 bridgehead atoms. The van der Waals surface area contributed by atoms with Crippen molar-refractivity contribution in [1.29, 1.82) is 10.7 Å². The smallest absolute Gasteiger partial charge is 0.262 e. The predicted octanol–water partition coefficient (Wildman–Crippen LogP) is 1.56. The Bertz CT molecular complexity index is 825. The van der Waals surface area contributed by atoms with Crippen LogP contribution in [0.25, 0.3) is 11.1 Å². The number of amides is 1. The SMILES string of the molecule is COc1ccccc1-c1c(C#N)ccc(O)c1C(=O)NC(=N)N. The van der Waals surface area contributed by atoms with E-state index in [2.05, 4.69) is 5.32 Å². The summed E-state index contributed by atoms with van der Waals surface area (Å²) in [6, 6.07) is 11.4. The van der Waals surface area contributed by atoms with Crippen molar-refractivity contribution in [2.45, 2.75) is 0 Å². The van der Waals surface area contributed by atoms with Crippen molar-refractivity contribution in [3.8, 4) is 28.7 Å². The monoisotopic (exact) mass is 310 g/mol. The average Bonchev–Trinajstić information content (AvgIpc) is 2.53. The third kappa shape index (κ3) is 3.06. The number of hydrogen-bond donors (Lipinski definition) is 4. The van der Waals surface area contributed by atoms with Crippen molar-refractivity contribution >= 4 is 11.9 Å². The van der Waals surface area contributed by atoms with Gasteiger partial charge in [0.1, 0.15) is 11.5 Å². The standard InChI is InChI=1S/C16H14N4O3/c1-23-12-5-3-2-4-10(12)13-9(8-17)6-7-11(21)14(13)15(22)20-16(18)19/h2-7,21H,1H3,(H4,18,19,20,22). The number of nitrogens with two attached hydrogens (primary N) is 1. The van der Waals surface area contributed by atoms with Crippen LogP contribution in [-0.2, 0) is 0 Å². The fourth-order valence-electron chi connectivity index (χ4n) is 2.23. The molecule has 116 valence electrons. The first-order valence-corrected chi connectivity index (χ1v) is 6.54. The van der Waals surface area contributed by atoms with Crippen LogP contribution in [0.15, 0.2) is 36.4 Å². The van der Waals surface area contributed by atoms with Crippen molar-refractivity contribution in [2.24, 2.45) is 5.73 Å². The molecule has 0 aliphatic carbocycles. The minimum absolute atomic E-state index is 0.149. The van der Waals surface area contributed by atoms with E-state index in [0.717, 1.165) is 0 Å². The quantitative estimate of drug-likeness (QED) is 0.504. The highest BCUT2D eigenvalue weighted by Gasteiger charge is 2.23. The Morgan fingerprint density at radius 1 is 1.35 bits per heavy atom. The van der Waals surface area contributed by atoms with Gasteiger partial charge in [-0.25, -0.2) is 0 Å². The second kappa shape index (κ2) is 6.49. The molecular formula is C16H14N4O3. The molecule has 2 rings (SSSR count). The maximum atomic E-state index is 12.3. The van der Waals surface area contributed by atoms with Crippen molar-refractivity contribution in [3.05, 3.63) is 47.5 Å². The van der Waals surface area contributed by atoms with Crippen LogP contribution >= 0.6 is 0 Å². The molecule has 0 aliphatic heterocycles. The first-order valence-electron chi connectivity index (χ1n) is 6.54. The van der Waals surface area contributed by atoms with Crippen LogP contribution in [0.3, 0.4) is 0 Å². The Labute approximate surface area is 132 Å². The lowest BCUT2D eigenvalue weighted by molar-refractivity contribution is 0.0974. The fraction of sp³-hybridized carbons (Fsp3) is 0.0625. The molecule has 2 aromatic rings. The zero-order chi connectivity index (χ0) is 17.0. The number of nitrogens with one attached hydrogen (secondary N) is 2. The van der Waals surface area contributed by atoms with Crippen molar-refractivity contribution in [3.63, 3.8) is 0 Å². The first-order chi connectivity index (χ1) is 11.0. The summed E-state index contributed by atoms with van der Waals surface area (Å²) in [6.45, 7) is 0. The number of nitrogens with zero attached hydrogens (tertiary/aromatic N) is 1. The lowest BCUT2D eigenvalue weighted by atomic mass is 9.93. The number of hydrogen-bond acceptors (Lipinski definition) is 5. The third-order valence-corrected chi connectivity index (χ3v) is 3.16. The van der Waals surface area contributed by atoms with Gasteiger partial charge in [0, 0.05) is 11.1 Å². The molecule has 0 spiro atoms. The number of carbonyl (C=O) groups excluding carboxylic acids is 1. The molecule has 23 heavy (non-hydrogen) atoms. The second-order valence-corrected chi connectivity index (χ2v) is 4.56. The minimum Gasteiger partial charge on any atom is -0.507 e. The van der Waals surface area contributed by atoms with Crippen LogP contribution in [-0.4, -0.2) is 24.1 Å². The Hall–Kier alpha value is -3.53. The van der Waals surface area contributed by atoms with Gasteiger partial charge in [-0.05, 0) is 18.2 Å². The highest BCUT2D eigenvalue weighted by atomic mass is 16.5. The van der Waals surface area contributed by atoms with E-state index >= 15 is 0 Å². The van der Waals surface area contributed by atoms with Gasteiger partial charge < -0.3 is 15.6 Å². The summed E-state index contributed by atoms with van der Waals surface area (Å²) < 4.78 is 5.27. The van der Waals surface area contributed by atoms with Crippen molar-refractivity contribution < 1.29 is 14.6 Å². The van der Waals surface area contributed by atoms with Crippen LogP contribution in [0.4, 0.5) is 0 Å². The summed E-state index contributed by atoms with van der Waals surface area (Å²) >= 11 is 0. The highest BCUT2D eigenvalue weighted by molar-refractivity contribution is 6.11. The third-order valence-electron chi connectivity index (χ3n) is 3.16. The first kappa shape index (κ1) is 15.9. The van der Waals surface area contributed by atoms with Crippen LogP contribution in [0.1, 0.15) is 15.9 Å². The van der Waals surface area contributed by atoms with E-state index in [9.17, 15) is 15.2 Å². The molecule has 0 unspecified atom stereocenters. The van der Waals surface area contributed by atoms with Crippen LogP contribution in [0, 0.1) is 16.7 Å². The molecule has 0 heterocycles. The number of ether oxygens (including phenoxy) is 1. The largest absolute Gasteiger partial charge is 0.507 e. The van der Waals surface area contributed by atoms with Crippen molar-refractivity contribution in [1.82, 2.24) is 5.32 Å². The van der Waals surface area contributed by atoms with Gasteiger partial charge in [-0.3, -0.25) is 15.5 Å². The molecule has 0 atom stereocenters. The predicted molar refractivity (Wildman–Crippen MR) is 84.2 cm³/mol. The Morgan fingerprint density at radius 2 is 2.04 bits per heavy atom. The number of aromatic hydroxyl groups is 1. The fourth-order valence-corrected chi connectivity index (χ4v) is 2.23. The van der Waals surface area contributed by atoms with Gasteiger partial charge in [0.15, 0.2) is 5.96 Å². The number of para-hydroxylation sites is 1. The van der Waals surface area contributed by atoms with E-state index in [4.69, 9.17) is 15.9 Å². The molecule has 0 aromatic heterocycles. The minimum atomic E-state index is -0.784. The number of phenolic OH excluding ortho intramolecular Hbond substituents is 1.